The fraction of sp³-hybridized carbons (Fsp3) is 0.875. The van der Waals surface area contributed by atoms with Crippen LogP contribution in [0.25, 0.3) is 0 Å². The Morgan fingerprint density at radius 3 is 2.64 bits per heavy atom. The summed E-state index contributed by atoms with van der Waals surface area (Å²) in [6, 6.07) is 0. The molecule has 62 valence electrons. The summed E-state index contributed by atoms with van der Waals surface area (Å²) in [6.07, 6.45) is 3.69. The smallest absolute Gasteiger partial charge is 0.0989 e. The lowest BCUT2D eigenvalue weighted by molar-refractivity contribution is 0.291. The van der Waals surface area contributed by atoms with Crippen molar-refractivity contribution in [3.8, 4) is 0 Å². The molecule has 1 aliphatic carbocycles. The van der Waals surface area contributed by atoms with Crippen molar-refractivity contribution in [2.45, 2.75) is 32.4 Å². The van der Waals surface area contributed by atoms with Gasteiger partial charge in [-0.2, -0.15) is 5.10 Å². The van der Waals surface area contributed by atoms with Crippen LogP contribution in [0.1, 0.15) is 26.2 Å². The molecule has 1 atom stereocenters. The molecule has 1 fully saturated rings. The first-order chi connectivity index (χ1) is 5.12. The molecule has 0 bridgehead atoms. The van der Waals surface area contributed by atoms with E-state index < -0.39 is 0 Å². The summed E-state index contributed by atoms with van der Waals surface area (Å²) in [7, 11) is 1.95. The Morgan fingerprint density at radius 2 is 2.27 bits per heavy atom. The van der Waals surface area contributed by atoms with E-state index in [1.54, 1.807) is 0 Å². The summed E-state index contributed by atoms with van der Waals surface area (Å²) in [5.41, 5.74) is 7.54. The number of hydrogen-bond acceptors (Lipinski definition) is 3. The Kier molecular flexibility index (Phi) is 1.27. The lowest BCUT2D eigenvalue weighted by atomic mass is 10.0. The first kappa shape index (κ1) is 7.10. The maximum atomic E-state index is 5.80. The monoisotopic (exact) mass is 153 g/mol. The van der Waals surface area contributed by atoms with E-state index >= 15 is 0 Å². The van der Waals surface area contributed by atoms with Crippen LogP contribution in [0.15, 0.2) is 5.10 Å². The van der Waals surface area contributed by atoms with Crippen molar-refractivity contribution >= 4 is 5.71 Å². The quantitative estimate of drug-likeness (QED) is 0.604. The first-order valence-corrected chi connectivity index (χ1v) is 4.18. The predicted octanol–water partition coefficient (Wildman–Crippen LogP) is 0.763. The van der Waals surface area contributed by atoms with Gasteiger partial charge >= 0.3 is 0 Å². The number of rotatable bonds is 1. The molecule has 3 heteroatoms. The average molecular weight is 153 g/mol. The summed E-state index contributed by atoms with van der Waals surface area (Å²) in [5, 5.41) is 6.30. The van der Waals surface area contributed by atoms with E-state index in [1.165, 1.54) is 18.6 Å². The van der Waals surface area contributed by atoms with Crippen molar-refractivity contribution in [1.29, 1.82) is 0 Å². The van der Waals surface area contributed by atoms with Gasteiger partial charge in [0, 0.05) is 24.6 Å². The molecule has 0 amide bonds. The van der Waals surface area contributed by atoms with Crippen LogP contribution < -0.4 is 5.73 Å². The summed E-state index contributed by atoms with van der Waals surface area (Å²) >= 11 is 0. The Balaban J connectivity index is 2.12. The maximum Gasteiger partial charge on any atom is 0.0989 e. The van der Waals surface area contributed by atoms with Gasteiger partial charge in [-0.25, -0.2) is 0 Å². The lowest BCUT2D eigenvalue weighted by Gasteiger charge is -2.11. The SMILES string of the molecule is CN1N=C(C2(C)CC2)CC1N. The minimum absolute atomic E-state index is 0.127. The highest BCUT2D eigenvalue weighted by molar-refractivity contribution is 5.93. The zero-order valence-electron chi connectivity index (χ0n) is 7.17. The van der Waals surface area contributed by atoms with Gasteiger partial charge in [0.1, 0.15) is 0 Å². The highest BCUT2D eigenvalue weighted by Gasteiger charge is 2.45. The normalized spacial score (nSPS) is 33.9. The van der Waals surface area contributed by atoms with E-state index in [9.17, 15) is 0 Å². The van der Waals surface area contributed by atoms with Crippen molar-refractivity contribution in [3.05, 3.63) is 0 Å². The summed E-state index contributed by atoms with van der Waals surface area (Å²) < 4.78 is 0. The van der Waals surface area contributed by atoms with Crippen molar-refractivity contribution < 1.29 is 0 Å². The largest absolute Gasteiger partial charge is 0.310 e. The minimum atomic E-state index is 0.127. The molecular weight excluding hydrogens is 138 g/mol. The third kappa shape index (κ3) is 1.03. The fourth-order valence-corrected chi connectivity index (χ4v) is 1.48. The number of hydrogen-bond donors (Lipinski definition) is 1. The molecule has 2 aliphatic rings. The van der Waals surface area contributed by atoms with Gasteiger partial charge in [0.15, 0.2) is 0 Å². The molecule has 0 aromatic carbocycles. The van der Waals surface area contributed by atoms with Gasteiger partial charge in [-0.05, 0) is 12.8 Å². The van der Waals surface area contributed by atoms with Crippen molar-refractivity contribution in [1.82, 2.24) is 5.01 Å². The van der Waals surface area contributed by atoms with E-state index in [0.717, 1.165) is 6.42 Å². The number of hydrazone groups is 1. The molecule has 1 aliphatic heterocycles. The minimum Gasteiger partial charge on any atom is -0.310 e. The molecule has 0 aromatic rings. The second kappa shape index (κ2) is 1.97. The molecular formula is C8H15N3. The molecule has 1 unspecified atom stereocenters. The Morgan fingerprint density at radius 1 is 1.64 bits per heavy atom. The van der Waals surface area contributed by atoms with Gasteiger partial charge in [0.25, 0.3) is 0 Å². The molecule has 11 heavy (non-hydrogen) atoms. The molecule has 2 N–H and O–H groups in total. The van der Waals surface area contributed by atoms with Crippen LogP contribution >= 0.6 is 0 Å². The van der Waals surface area contributed by atoms with Crippen molar-refractivity contribution in [3.63, 3.8) is 0 Å². The molecule has 1 saturated carbocycles. The van der Waals surface area contributed by atoms with Crippen LogP contribution in [0.3, 0.4) is 0 Å². The van der Waals surface area contributed by atoms with Crippen LogP contribution in [-0.2, 0) is 0 Å². The average Bonchev–Trinajstić information content (AvgIpc) is 2.59. The number of nitrogens with two attached hydrogens (primary N) is 1. The summed E-state index contributed by atoms with van der Waals surface area (Å²) in [5.74, 6) is 0. The summed E-state index contributed by atoms with van der Waals surface area (Å²) in [4.78, 5) is 0. The molecule has 3 nitrogen and oxygen atoms in total. The van der Waals surface area contributed by atoms with E-state index in [2.05, 4.69) is 12.0 Å². The standard InChI is InChI=1S/C8H15N3/c1-8(3-4-8)6-5-7(9)11(2)10-6/h7H,3-5,9H2,1-2H3. The van der Waals surface area contributed by atoms with Crippen LogP contribution in [0.2, 0.25) is 0 Å². The fourth-order valence-electron chi connectivity index (χ4n) is 1.48. The van der Waals surface area contributed by atoms with E-state index in [-0.39, 0.29) is 6.17 Å². The van der Waals surface area contributed by atoms with Gasteiger partial charge in [-0.1, -0.05) is 6.92 Å². The van der Waals surface area contributed by atoms with Gasteiger partial charge in [0.05, 0.1) is 6.17 Å². The maximum absolute atomic E-state index is 5.80. The first-order valence-electron chi connectivity index (χ1n) is 4.18. The lowest BCUT2D eigenvalue weighted by Crippen LogP contribution is -2.31. The van der Waals surface area contributed by atoms with E-state index in [0.29, 0.717) is 5.41 Å². The zero-order chi connectivity index (χ0) is 8.06. The Labute approximate surface area is 67.2 Å². The molecule has 0 saturated heterocycles. The van der Waals surface area contributed by atoms with Crippen LogP contribution in [0, 0.1) is 5.41 Å². The Bertz CT molecular complexity index is 205. The number of nitrogens with zero attached hydrogens (tertiary/aromatic N) is 2. The van der Waals surface area contributed by atoms with E-state index in [4.69, 9.17) is 5.73 Å². The molecule has 0 radical (unpaired) electrons. The van der Waals surface area contributed by atoms with Gasteiger partial charge in [-0.3, -0.25) is 5.01 Å². The van der Waals surface area contributed by atoms with Gasteiger partial charge < -0.3 is 5.73 Å². The molecule has 0 aromatic heterocycles. The Hall–Kier alpha value is -0.570. The molecule has 2 rings (SSSR count). The summed E-state index contributed by atoms with van der Waals surface area (Å²) in [6.45, 7) is 2.28. The zero-order valence-corrected chi connectivity index (χ0v) is 7.17. The predicted molar refractivity (Wildman–Crippen MR) is 45.1 cm³/mol. The topological polar surface area (TPSA) is 41.6 Å². The highest BCUT2D eigenvalue weighted by Crippen LogP contribution is 2.48. The van der Waals surface area contributed by atoms with Crippen LogP contribution in [0.4, 0.5) is 0 Å². The van der Waals surface area contributed by atoms with E-state index in [1.807, 2.05) is 12.1 Å². The molecule has 1 heterocycles. The highest BCUT2D eigenvalue weighted by atomic mass is 15.5. The van der Waals surface area contributed by atoms with Crippen molar-refractivity contribution in [2.24, 2.45) is 16.3 Å². The third-order valence-corrected chi connectivity index (χ3v) is 2.86. The third-order valence-electron chi connectivity index (χ3n) is 2.86. The van der Waals surface area contributed by atoms with Gasteiger partial charge in [-0.15, -0.1) is 0 Å². The second-order valence-electron chi connectivity index (χ2n) is 3.95. The van der Waals surface area contributed by atoms with Crippen molar-refractivity contribution in [2.75, 3.05) is 7.05 Å². The second-order valence-corrected chi connectivity index (χ2v) is 3.95. The molecule has 0 spiro atoms. The van der Waals surface area contributed by atoms with Crippen LogP contribution in [-0.4, -0.2) is 23.9 Å². The van der Waals surface area contributed by atoms with Crippen LogP contribution in [0.5, 0.6) is 0 Å². The van der Waals surface area contributed by atoms with Gasteiger partial charge in [0.2, 0.25) is 0 Å².